The second-order valence-electron chi connectivity index (χ2n) is 9.35. The standard InChI is InChI=1S/C28H23F4N3OS/c29-18-13-11-17(12-14-18)25-23-9-5-15-34(23)26-20(19-6-1-4-10-24(19)37-26)16-35(25)27(36)33-22-8-3-2-7-21(22)28(30,31)32/h2-3,5,7-9,11-15,25H,1,4,6,10,16H2,(H,33,36). The van der Waals surface area contributed by atoms with Crippen LogP contribution in [0.4, 0.5) is 28.0 Å². The fourth-order valence-electron chi connectivity index (χ4n) is 5.41. The highest BCUT2D eigenvalue weighted by Gasteiger charge is 2.38. The molecule has 1 aliphatic carbocycles. The lowest BCUT2D eigenvalue weighted by molar-refractivity contribution is -0.136. The van der Waals surface area contributed by atoms with Crippen LogP contribution in [0.2, 0.25) is 0 Å². The van der Waals surface area contributed by atoms with Gasteiger partial charge in [0, 0.05) is 16.6 Å². The number of amides is 2. The average Bonchev–Trinajstić information content (AvgIpc) is 3.46. The molecule has 190 valence electrons. The Hall–Kier alpha value is -3.59. The Balaban J connectivity index is 1.49. The highest BCUT2D eigenvalue weighted by molar-refractivity contribution is 7.15. The molecule has 2 aromatic carbocycles. The average molecular weight is 526 g/mol. The van der Waals surface area contributed by atoms with Gasteiger partial charge in [-0.2, -0.15) is 13.2 Å². The number of anilines is 1. The van der Waals surface area contributed by atoms with Gasteiger partial charge < -0.3 is 14.8 Å². The second kappa shape index (κ2) is 9.06. The van der Waals surface area contributed by atoms with E-state index in [9.17, 15) is 22.4 Å². The molecule has 0 saturated carbocycles. The number of rotatable bonds is 2. The smallest absolute Gasteiger partial charge is 0.310 e. The molecule has 4 aromatic rings. The van der Waals surface area contributed by atoms with Crippen LogP contribution in [0, 0.1) is 5.82 Å². The molecule has 1 atom stereocenters. The first kappa shape index (κ1) is 23.8. The van der Waals surface area contributed by atoms with Gasteiger partial charge in [0.25, 0.3) is 0 Å². The number of benzene rings is 2. The number of urea groups is 1. The maximum Gasteiger partial charge on any atom is 0.418 e. The molecule has 0 bridgehead atoms. The van der Waals surface area contributed by atoms with Crippen molar-refractivity contribution >= 4 is 23.1 Å². The van der Waals surface area contributed by atoms with Crippen molar-refractivity contribution in [3.63, 3.8) is 0 Å². The van der Waals surface area contributed by atoms with Gasteiger partial charge in [0.1, 0.15) is 10.8 Å². The van der Waals surface area contributed by atoms with E-state index in [4.69, 9.17) is 0 Å². The third-order valence-corrected chi connectivity index (χ3v) is 8.43. The molecule has 1 N–H and O–H groups in total. The highest BCUT2D eigenvalue weighted by Crippen LogP contribution is 2.44. The molecular formula is C28H23F4N3OS. The number of hydrogen-bond acceptors (Lipinski definition) is 2. The minimum atomic E-state index is -4.62. The van der Waals surface area contributed by atoms with Crippen molar-refractivity contribution in [3.8, 4) is 5.00 Å². The summed E-state index contributed by atoms with van der Waals surface area (Å²) < 4.78 is 56.9. The number of nitrogens with one attached hydrogen (secondary N) is 1. The van der Waals surface area contributed by atoms with E-state index in [1.54, 1.807) is 28.4 Å². The topological polar surface area (TPSA) is 37.3 Å². The molecule has 1 unspecified atom stereocenters. The Morgan fingerprint density at radius 2 is 1.70 bits per heavy atom. The van der Waals surface area contributed by atoms with Gasteiger partial charge in [-0.25, -0.2) is 9.18 Å². The number of carbonyl (C=O) groups excluding carboxylic acids is 1. The first-order valence-electron chi connectivity index (χ1n) is 12.1. The fraction of sp³-hybridized carbons (Fsp3) is 0.250. The molecule has 0 saturated heterocycles. The number of aryl methyl sites for hydroxylation is 1. The third-order valence-electron chi connectivity index (χ3n) is 7.10. The molecular weight excluding hydrogens is 502 g/mol. The minimum absolute atomic E-state index is 0.227. The highest BCUT2D eigenvalue weighted by atomic mass is 32.1. The van der Waals surface area contributed by atoms with Crippen LogP contribution < -0.4 is 5.32 Å². The normalized spacial score (nSPS) is 17.0. The summed E-state index contributed by atoms with van der Waals surface area (Å²) in [6.07, 6.45) is 1.39. The Morgan fingerprint density at radius 3 is 2.49 bits per heavy atom. The number of nitrogens with zero attached hydrogens (tertiary/aromatic N) is 2. The molecule has 1 aliphatic heterocycles. The zero-order valence-corrected chi connectivity index (χ0v) is 20.5. The molecule has 4 nitrogen and oxygen atoms in total. The lowest BCUT2D eigenvalue weighted by Gasteiger charge is -2.31. The van der Waals surface area contributed by atoms with Crippen LogP contribution in [0.25, 0.3) is 5.00 Å². The maximum absolute atomic E-state index is 13.8. The van der Waals surface area contributed by atoms with E-state index in [0.717, 1.165) is 48.0 Å². The third kappa shape index (κ3) is 4.21. The Kier molecular flexibility index (Phi) is 5.82. The molecule has 3 heterocycles. The number of halogens is 4. The van der Waals surface area contributed by atoms with Gasteiger partial charge >= 0.3 is 12.2 Å². The number of hydrogen-bond donors (Lipinski definition) is 1. The first-order chi connectivity index (χ1) is 17.8. The van der Waals surface area contributed by atoms with Crippen molar-refractivity contribution in [2.24, 2.45) is 0 Å². The molecule has 2 amide bonds. The van der Waals surface area contributed by atoms with Crippen molar-refractivity contribution in [2.45, 2.75) is 44.4 Å². The lowest BCUT2D eigenvalue weighted by Crippen LogP contribution is -2.38. The minimum Gasteiger partial charge on any atom is -0.310 e. The molecule has 2 aliphatic rings. The maximum atomic E-state index is 13.8. The summed E-state index contributed by atoms with van der Waals surface area (Å²) in [5, 5.41) is 3.57. The van der Waals surface area contributed by atoms with Crippen LogP contribution in [-0.2, 0) is 25.6 Å². The van der Waals surface area contributed by atoms with Crippen LogP contribution in [-0.4, -0.2) is 15.5 Å². The molecule has 6 rings (SSSR count). The predicted octanol–water partition coefficient (Wildman–Crippen LogP) is 7.71. The fourth-order valence-corrected chi connectivity index (χ4v) is 6.81. The van der Waals surface area contributed by atoms with E-state index in [-0.39, 0.29) is 12.2 Å². The predicted molar refractivity (Wildman–Crippen MR) is 135 cm³/mol. The van der Waals surface area contributed by atoms with Gasteiger partial charge in [0.15, 0.2) is 0 Å². The number of para-hydroxylation sites is 1. The van der Waals surface area contributed by atoms with Crippen molar-refractivity contribution in [3.05, 3.63) is 106 Å². The summed E-state index contributed by atoms with van der Waals surface area (Å²) in [6, 6.07) is 13.4. The van der Waals surface area contributed by atoms with Crippen molar-refractivity contribution in [1.29, 1.82) is 0 Å². The summed E-state index contributed by atoms with van der Waals surface area (Å²) in [7, 11) is 0. The quantitative estimate of drug-likeness (QED) is 0.268. The van der Waals surface area contributed by atoms with Crippen LogP contribution in [0.3, 0.4) is 0 Å². The van der Waals surface area contributed by atoms with E-state index in [2.05, 4.69) is 9.88 Å². The summed E-state index contributed by atoms with van der Waals surface area (Å²) in [5.41, 5.74) is 2.52. The Labute approximate surface area is 215 Å². The summed E-state index contributed by atoms with van der Waals surface area (Å²) in [5.74, 6) is -0.406. The van der Waals surface area contributed by atoms with Crippen LogP contribution >= 0.6 is 11.3 Å². The Morgan fingerprint density at radius 1 is 0.946 bits per heavy atom. The number of thiophene rings is 1. The van der Waals surface area contributed by atoms with Gasteiger partial charge in [-0.1, -0.05) is 24.3 Å². The summed E-state index contributed by atoms with van der Waals surface area (Å²) in [4.78, 5) is 16.7. The van der Waals surface area contributed by atoms with Crippen LogP contribution in [0.15, 0.2) is 66.9 Å². The summed E-state index contributed by atoms with van der Waals surface area (Å²) >= 11 is 1.72. The molecule has 37 heavy (non-hydrogen) atoms. The van der Waals surface area contributed by atoms with E-state index in [0.29, 0.717) is 5.56 Å². The molecule has 9 heteroatoms. The van der Waals surface area contributed by atoms with Crippen LogP contribution in [0.1, 0.15) is 51.7 Å². The summed E-state index contributed by atoms with van der Waals surface area (Å²) in [6.45, 7) is 0.227. The van der Waals surface area contributed by atoms with Gasteiger partial charge in [0.2, 0.25) is 0 Å². The SMILES string of the molecule is O=C(Nc1ccccc1C(F)(F)F)N1Cc2c(sc3c2CCCC3)-n2cccc2C1c1ccc(F)cc1. The molecule has 2 aromatic heterocycles. The molecule has 0 spiro atoms. The Bertz CT molecular complexity index is 1470. The van der Waals surface area contributed by atoms with E-state index < -0.39 is 29.6 Å². The zero-order chi connectivity index (χ0) is 25.7. The zero-order valence-electron chi connectivity index (χ0n) is 19.7. The molecule has 0 radical (unpaired) electrons. The largest absolute Gasteiger partial charge is 0.418 e. The van der Waals surface area contributed by atoms with E-state index in [1.807, 2.05) is 18.3 Å². The van der Waals surface area contributed by atoms with Gasteiger partial charge in [-0.15, -0.1) is 11.3 Å². The van der Waals surface area contributed by atoms with E-state index >= 15 is 0 Å². The second-order valence-corrected chi connectivity index (χ2v) is 10.4. The van der Waals surface area contributed by atoms with Crippen molar-refractivity contribution in [1.82, 2.24) is 9.47 Å². The number of fused-ring (bicyclic) bond motifs is 5. The lowest BCUT2D eigenvalue weighted by atomic mass is 9.95. The van der Waals surface area contributed by atoms with Crippen molar-refractivity contribution in [2.75, 3.05) is 5.32 Å². The first-order valence-corrected chi connectivity index (χ1v) is 12.9. The monoisotopic (exact) mass is 525 g/mol. The van der Waals surface area contributed by atoms with Gasteiger partial charge in [-0.3, -0.25) is 0 Å². The number of carbonyl (C=O) groups is 1. The van der Waals surface area contributed by atoms with Gasteiger partial charge in [0.05, 0.1) is 29.5 Å². The van der Waals surface area contributed by atoms with E-state index in [1.165, 1.54) is 40.8 Å². The number of alkyl halides is 3. The van der Waals surface area contributed by atoms with Crippen LogP contribution in [0.5, 0.6) is 0 Å². The molecule has 0 fully saturated rings. The van der Waals surface area contributed by atoms with Gasteiger partial charge in [-0.05, 0) is 73.2 Å². The van der Waals surface area contributed by atoms with Crippen molar-refractivity contribution < 1.29 is 22.4 Å². The number of aromatic nitrogens is 1.